The zero-order chi connectivity index (χ0) is 21.2. The lowest BCUT2D eigenvalue weighted by Gasteiger charge is -2.27. The monoisotopic (exact) mass is 527 g/mol. The van der Waals surface area contributed by atoms with Crippen LogP contribution in [0.15, 0.2) is 42.5 Å². The van der Waals surface area contributed by atoms with Crippen molar-refractivity contribution in [1.29, 1.82) is 0 Å². The summed E-state index contributed by atoms with van der Waals surface area (Å²) in [6.07, 6.45) is 3.54. The van der Waals surface area contributed by atoms with Crippen LogP contribution >= 0.6 is 22.6 Å². The summed E-state index contributed by atoms with van der Waals surface area (Å²) in [6.45, 7) is 1.90. The summed E-state index contributed by atoms with van der Waals surface area (Å²) in [4.78, 5) is 16.5. The zero-order valence-electron chi connectivity index (χ0n) is 17.1. The molecule has 0 unspecified atom stereocenters. The molecule has 9 heteroatoms. The van der Waals surface area contributed by atoms with Crippen molar-refractivity contribution < 1.29 is 4.74 Å². The number of H-pyrrole nitrogens is 1. The normalized spacial score (nSPS) is 14.1. The predicted molar refractivity (Wildman–Crippen MR) is 130 cm³/mol. The van der Waals surface area contributed by atoms with Gasteiger partial charge in [0.05, 0.1) is 12.6 Å². The molecule has 1 aliphatic rings. The van der Waals surface area contributed by atoms with Gasteiger partial charge in [-0.25, -0.2) is 0 Å². The van der Waals surface area contributed by atoms with Crippen molar-refractivity contribution in [2.24, 2.45) is 0 Å². The number of aromatic amines is 1. The number of halogens is 1. The van der Waals surface area contributed by atoms with Crippen LogP contribution in [0.1, 0.15) is 19.3 Å². The van der Waals surface area contributed by atoms with Crippen molar-refractivity contribution in [1.82, 2.24) is 25.1 Å². The van der Waals surface area contributed by atoms with E-state index >= 15 is 0 Å². The van der Waals surface area contributed by atoms with Gasteiger partial charge in [-0.05, 0) is 72.2 Å². The number of piperidine rings is 1. The Balaban J connectivity index is 1.57. The van der Waals surface area contributed by atoms with E-state index in [1.165, 1.54) is 6.42 Å². The van der Waals surface area contributed by atoms with E-state index in [9.17, 15) is 0 Å². The molecule has 4 aromatic rings. The number of benzene rings is 2. The molecule has 1 fully saturated rings. The fourth-order valence-electron chi connectivity index (χ4n) is 3.75. The number of fused-ring (bicyclic) bond motifs is 1. The van der Waals surface area contributed by atoms with E-state index in [-0.39, 0.29) is 0 Å². The fourth-order valence-corrected chi connectivity index (χ4v) is 4.47. The minimum Gasteiger partial charge on any atom is -0.497 e. The Bertz CT molecular complexity index is 1220. The Labute approximate surface area is 193 Å². The second kappa shape index (κ2) is 8.66. The van der Waals surface area contributed by atoms with Crippen LogP contribution in [-0.2, 0) is 0 Å². The number of aromatic nitrogens is 5. The van der Waals surface area contributed by atoms with Gasteiger partial charge in [0, 0.05) is 27.6 Å². The van der Waals surface area contributed by atoms with E-state index < -0.39 is 0 Å². The number of anilines is 3. The summed E-state index contributed by atoms with van der Waals surface area (Å²) in [5.74, 6) is 3.31. The standard InChI is InChI=1S/C22H22IN7O/c1-31-14-9-10-15(17(23)13-14)19-24-21(27-22(26-19)30-11-5-2-6-12-30)25-20-16-7-3-4-8-18(16)28-29-20/h3-4,7-10,13H,2,5-6,11-12H2,1H3,(H2,24,25,26,27,28,29). The van der Waals surface area contributed by atoms with Gasteiger partial charge < -0.3 is 15.0 Å². The van der Waals surface area contributed by atoms with Crippen molar-refractivity contribution in [2.45, 2.75) is 19.3 Å². The van der Waals surface area contributed by atoms with Crippen molar-refractivity contribution in [3.05, 3.63) is 46.0 Å². The molecular weight excluding hydrogens is 505 g/mol. The summed E-state index contributed by atoms with van der Waals surface area (Å²) in [5, 5.41) is 11.7. The number of nitrogens with zero attached hydrogens (tertiary/aromatic N) is 5. The summed E-state index contributed by atoms with van der Waals surface area (Å²) >= 11 is 2.29. The number of hydrogen-bond acceptors (Lipinski definition) is 7. The number of rotatable bonds is 5. The Kier molecular flexibility index (Phi) is 5.58. The number of hydrogen-bond donors (Lipinski definition) is 2. The van der Waals surface area contributed by atoms with Crippen LogP contribution < -0.4 is 15.0 Å². The van der Waals surface area contributed by atoms with Gasteiger partial charge in [-0.2, -0.15) is 20.1 Å². The van der Waals surface area contributed by atoms with Crippen LogP contribution in [-0.4, -0.2) is 45.3 Å². The van der Waals surface area contributed by atoms with E-state index in [1.54, 1.807) is 7.11 Å². The van der Waals surface area contributed by atoms with Crippen LogP contribution in [0.5, 0.6) is 5.75 Å². The maximum absolute atomic E-state index is 5.35. The SMILES string of the molecule is COc1ccc(-c2nc(Nc3n[nH]c4ccccc34)nc(N3CCCCC3)n2)c(I)c1. The molecule has 2 aromatic heterocycles. The molecule has 0 amide bonds. The molecule has 0 aliphatic carbocycles. The highest BCUT2D eigenvalue weighted by Gasteiger charge is 2.19. The summed E-state index contributed by atoms with van der Waals surface area (Å²) < 4.78 is 6.37. The lowest BCUT2D eigenvalue weighted by atomic mass is 10.1. The van der Waals surface area contributed by atoms with Gasteiger partial charge in [0.2, 0.25) is 11.9 Å². The first-order valence-electron chi connectivity index (χ1n) is 10.3. The minimum absolute atomic E-state index is 0.481. The van der Waals surface area contributed by atoms with Gasteiger partial charge in [0.1, 0.15) is 5.75 Å². The molecular formula is C22H22IN7O. The molecule has 2 aromatic carbocycles. The van der Waals surface area contributed by atoms with Crippen molar-refractivity contribution >= 4 is 51.2 Å². The molecule has 0 saturated carbocycles. The van der Waals surface area contributed by atoms with Gasteiger partial charge >= 0.3 is 0 Å². The quantitative estimate of drug-likeness (QED) is 0.362. The highest BCUT2D eigenvalue weighted by molar-refractivity contribution is 14.1. The zero-order valence-corrected chi connectivity index (χ0v) is 19.3. The summed E-state index contributed by atoms with van der Waals surface area (Å²) in [5.41, 5.74) is 1.90. The van der Waals surface area contributed by atoms with Gasteiger partial charge in [0.15, 0.2) is 11.6 Å². The fraction of sp³-hybridized carbons (Fsp3) is 0.273. The van der Waals surface area contributed by atoms with Gasteiger partial charge in [-0.15, -0.1) is 0 Å². The Morgan fingerprint density at radius 2 is 1.87 bits per heavy atom. The third-order valence-electron chi connectivity index (χ3n) is 5.38. The predicted octanol–water partition coefficient (Wildman–Crippen LogP) is 4.76. The first-order valence-corrected chi connectivity index (χ1v) is 11.3. The molecule has 8 nitrogen and oxygen atoms in total. The minimum atomic E-state index is 0.481. The van der Waals surface area contributed by atoms with E-state index in [2.05, 4.69) is 43.0 Å². The van der Waals surface area contributed by atoms with Gasteiger partial charge in [0.25, 0.3) is 0 Å². The van der Waals surface area contributed by atoms with Crippen LogP contribution in [0.4, 0.5) is 17.7 Å². The Morgan fingerprint density at radius 1 is 1.03 bits per heavy atom. The maximum Gasteiger partial charge on any atom is 0.233 e. The second-order valence-corrected chi connectivity index (χ2v) is 8.58. The second-order valence-electron chi connectivity index (χ2n) is 7.42. The average Bonchev–Trinajstić information content (AvgIpc) is 3.22. The van der Waals surface area contributed by atoms with Crippen LogP contribution in [0.2, 0.25) is 0 Å². The third kappa shape index (κ3) is 4.14. The first kappa shape index (κ1) is 20.0. The molecule has 1 saturated heterocycles. The molecule has 0 bridgehead atoms. The van der Waals surface area contributed by atoms with Gasteiger partial charge in [-0.1, -0.05) is 12.1 Å². The van der Waals surface area contributed by atoms with Crippen LogP contribution in [0.25, 0.3) is 22.3 Å². The summed E-state index contributed by atoms with van der Waals surface area (Å²) in [6, 6.07) is 13.9. The maximum atomic E-state index is 5.35. The molecule has 3 heterocycles. The number of nitrogens with one attached hydrogen (secondary N) is 2. The molecule has 0 spiro atoms. The van der Waals surface area contributed by atoms with Crippen molar-refractivity contribution in [3.63, 3.8) is 0 Å². The third-order valence-corrected chi connectivity index (χ3v) is 6.27. The van der Waals surface area contributed by atoms with E-state index in [0.717, 1.165) is 51.7 Å². The smallest absolute Gasteiger partial charge is 0.233 e. The van der Waals surface area contributed by atoms with Gasteiger partial charge in [-0.3, -0.25) is 5.10 Å². The molecule has 1 aliphatic heterocycles. The Hall–Kier alpha value is -2.95. The summed E-state index contributed by atoms with van der Waals surface area (Å²) in [7, 11) is 1.67. The van der Waals surface area contributed by atoms with Crippen molar-refractivity contribution in [2.75, 3.05) is 30.4 Å². The number of methoxy groups -OCH3 is 1. The molecule has 158 valence electrons. The average molecular weight is 527 g/mol. The molecule has 5 rings (SSSR count). The highest BCUT2D eigenvalue weighted by Crippen LogP contribution is 2.30. The first-order chi connectivity index (χ1) is 15.2. The molecule has 31 heavy (non-hydrogen) atoms. The number of para-hydroxylation sites is 1. The van der Waals surface area contributed by atoms with Crippen LogP contribution in [0, 0.1) is 3.57 Å². The number of ether oxygens (including phenoxy) is 1. The Morgan fingerprint density at radius 3 is 2.68 bits per heavy atom. The molecule has 0 atom stereocenters. The van der Waals surface area contributed by atoms with Crippen LogP contribution in [0.3, 0.4) is 0 Å². The highest BCUT2D eigenvalue weighted by atomic mass is 127. The molecule has 0 radical (unpaired) electrons. The lowest BCUT2D eigenvalue weighted by Crippen LogP contribution is -2.31. The van der Waals surface area contributed by atoms with E-state index in [0.29, 0.717) is 23.5 Å². The van der Waals surface area contributed by atoms with Crippen molar-refractivity contribution in [3.8, 4) is 17.1 Å². The van der Waals surface area contributed by atoms with E-state index in [1.807, 2.05) is 42.5 Å². The topological polar surface area (TPSA) is 91.8 Å². The van der Waals surface area contributed by atoms with E-state index in [4.69, 9.17) is 19.7 Å². The molecule has 2 N–H and O–H groups in total. The lowest BCUT2D eigenvalue weighted by molar-refractivity contribution is 0.414. The largest absolute Gasteiger partial charge is 0.497 e.